The van der Waals surface area contributed by atoms with Gasteiger partial charge in [0.1, 0.15) is 11.9 Å². The SMILES string of the molecule is O=C(N1CC2(CC(Cn3cc(CC(F)(F)F)cn3)C2)C1)N1CC2(CC(n3cnc(C4(O)CC4)n3)C2)C1. The van der Waals surface area contributed by atoms with Crippen LogP contribution in [0.15, 0.2) is 18.7 Å². The number of hydrogen-bond acceptors (Lipinski definition) is 5. The Hall–Kier alpha value is -2.63. The number of urea groups is 1. The second-order valence-electron chi connectivity index (χ2n) is 12.3. The average molecular weight is 506 g/mol. The van der Waals surface area contributed by atoms with E-state index in [1.807, 2.05) is 14.5 Å². The Kier molecular flexibility index (Phi) is 4.53. The molecule has 4 heterocycles. The maximum absolute atomic E-state index is 12.9. The number of aromatic nitrogens is 5. The van der Waals surface area contributed by atoms with Gasteiger partial charge in [0.2, 0.25) is 0 Å². The first kappa shape index (κ1) is 22.6. The Bertz CT molecular complexity index is 1170. The van der Waals surface area contributed by atoms with Crippen LogP contribution in [0.3, 0.4) is 0 Å². The van der Waals surface area contributed by atoms with Crippen molar-refractivity contribution in [2.75, 3.05) is 26.2 Å². The monoisotopic (exact) mass is 505 g/mol. The van der Waals surface area contributed by atoms with Crippen molar-refractivity contribution in [1.82, 2.24) is 34.3 Å². The minimum absolute atomic E-state index is 0.126. The smallest absolute Gasteiger partial charge is 0.382 e. The minimum Gasteiger partial charge on any atom is -0.382 e. The van der Waals surface area contributed by atoms with Crippen LogP contribution in [-0.2, 0) is 18.6 Å². The van der Waals surface area contributed by atoms with Gasteiger partial charge in [0.15, 0.2) is 5.82 Å². The van der Waals surface area contributed by atoms with Crippen molar-refractivity contribution in [3.05, 3.63) is 30.1 Å². The van der Waals surface area contributed by atoms with Crippen molar-refractivity contribution in [1.29, 1.82) is 0 Å². The van der Waals surface area contributed by atoms with E-state index in [2.05, 4.69) is 15.2 Å². The lowest BCUT2D eigenvalue weighted by molar-refractivity contribution is -0.127. The summed E-state index contributed by atoms with van der Waals surface area (Å²) in [5.74, 6) is 0.938. The fourth-order valence-corrected chi connectivity index (χ4v) is 7.03. The van der Waals surface area contributed by atoms with Crippen LogP contribution >= 0.6 is 0 Å². The largest absolute Gasteiger partial charge is 0.393 e. The first-order valence-corrected chi connectivity index (χ1v) is 12.8. The molecule has 0 atom stereocenters. The van der Waals surface area contributed by atoms with E-state index in [9.17, 15) is 23.1 Å². The third-order valence-electron chi connectivity index (χ3n) is 8.99. The van der Waals surface area contributed by atoms with E-state index < -0.39 is 18.2 Å². The Morgan fingerprint density at radius 1 is 1.06 bits per heavy atom. The molecule has 0 aromatic carbocycles. The first-order chi connectivity index (χ1) is 17.0. The first-order valence-electron chi connectivity index (χ1n) is 12.8. The molecule has 3 aliphatic carbocycles. The van der Waals surface area contributed by atoms with E-state index in [-0.39, 0.29) is 22.4 Å². The molecule has 2 aromatic rings. The predicted molar refractivity (Wildman–Crippen MR) is 120 cm³/mol. The molecular formula is C24H30F3N7O2. The maximum Gasteiger partial charge on any atom is 0.393 e. The van der Waals surface area contributed by atoms with Gasteiger partial charge in [0.25, 0.3) is 0 Å². The zero-order chi connectivity index (χ0) is 24.9. The molecule has 2 saturated heterocycles. The van der Waals surface area contributed by atoms with Gasteiger partial charge < -0.3 is 14.9 Å². The Morgan fingerprint density at radius 2 is 1.69 bits per heavy atom. The van der Waals surface area contributed by atoms with Crippen molar-refractivity contribution < 1.29 is 23.1 Å². The van der Waals surface area contributed by atoms with Crippen LogP contribution in [0.1, 0.15) is 56.0 Å². The summed E-state index contributed by atoms with van der Waals surface area (Å²) in [5.41, 5.74) is -0.226. The van der Waals surface area contributed by atoms with E-state index in [0.717, 1.165) is 64.7 Å². The number of hydrogen-bond donors (Lipinski definition) is 1. The lowest BCUT2D eigenvalue weighted by Gasteiger charge is -2.63. The third kappa shape index (κ3) is 3.79. The van der Waals surface area contributed by atoms with Crippen LogP contribution in [0.5, 0.6) is 0 Å². The summed E-state index contributed by atoms with van der Waals surface area (Å²) in [6.07, 6.45) is 4.80. The van der Waals surface area contributed by atoms with Crippen molar-refractivity contribution in [2.45, 2.75) is 69.3 Å². The molecular weight excluding hydrogens is 475 g/mol. The van der Waals surface area contributed by atoms with Crippen molar-refractivity contribution in [2.24, 2.45) is 16.7 Å². The van der Waals surface area contributed by atoms with Crippen molar-refractivity contribution in [3.63, 3.8) is 0 Å². The summed E-state index contributed by atoms with van der Waals surface area (Å²) in [7, 11) is 0. The van der Waals surface area contributed by atoms with Gasteiger partial charge in [-0.2, -0.15) is 23.4 Å². The Morgan fingerprint density at radius 3 is 2.31 bits per heavy atom. The highest BCUT2D eigenvalue weighted by atomic mass is 19.4. The normalized spacial score (nSPS) is 25.9. The number of aliphatic hydroxyl groups is 1. The Labute approximate surface area is 206 Å². The topological polar surface area (TPSA) is 92.3 Å². The molecule has 2 aromatic heterocycles. The summed E-state index contributed by atoms with van der Waals surface area (Å²) in [4.78, 5) is 21.1. The number of nitrogens with zero attached hydrogens (tertiary/aromatic N) is 7. The highest BCUT2D eigenvalue weighted by Crippen LogP contribution is 2.56. The molecule has 2 amide bonds. The summed E-state index contributed by atoms with van der Waals surface area (Å²) < 4.78 is 41.1. The zero-order valence-corrected chi connectivity index (χ0v) is 20.0. The number of carbonyl (C=O) groups is 1. The lowest BCUT2D eigenvalue weighted by Crippen LogP contribution is -2.71. The minimum atomic E-state index is -4.21. The highest BCUT2D eigenvalue weighted by Gasteiger charge is 2.59. The Balaban J connectivity index is 0.833. The van der Waals surface area contributed by atoms with E-state index in [1.54, 1.807) is 11.0 Å². The maximum atomic E-state index is 12.9. The molecule has 5 fully saturated rings. The summed E-state index contributed by atoms with van der Waals surface area (Å²) in [5, 5.41) is 18.8. The van der Waals surface area contributed by atoms with Gasteiger partial charge in [0.05, 0.1) is 18.7 Å². The van der Waals surface area contributed by atoms with Gasteiger partial charge in [-0.3, -0.25) is 4.68 Å². The summed E-state index contributed by atoms with van der Waals surface area (Å²) in [6.45, 7) is 3.77. The van der Waals surface area contributed by atoms with Gasteiger partial charge >= 0.3 is 12.2 Å². The standard InChI is InChI=1S/C24H30F3N7O2/c25-24(26,27)5-17-8-29-33(10-17)9-16-3-21(4-16)11-31(12-21)20(35)32-13-22(14-32)6-18(7-22)34-15-28-19(30-34)23(36)1-2-23/h8,10,15-16,18,36H,1-7,9,11-14H2. The molecule has 7 rings (SSSR count). The van der Waals surface area contributed by atoms with Gasteiger partial charge in [0, 0.05) is 49.8 Å². The van der Waals surface area contributed by atoms with Crippen LogP contribution in [0.25, 0.3) is 0 Å². The van der Waals surface area contributed by atoms with Gasteiger partial charge in [-0.05, 0) is 50.0 Å². The van der Waals surface area contributed by atoms with Gasteiger partial charge in [-0.1, -0.05) is 0 Å². The molecule has 2 spiro atoms. The van der Waals surface area contributed by atoms with E-state index in [1.165, 1.54) is 12.4 Å². The quantitative estimate of drug-likeness (QED) is 0.675. The fraction of sp³-hybridized carbons (Fsp3) is 0.750. The number of alkyl halides is 3. The zero-order valence-electron chi connectivity index (χ0n) is 20.0. The van der Waals surface area contributed by atoms with E-state index in [4.69, 9.17) is 0 Å². The molecule has 1 N–H and O–H groups in total. The molecule has 12 heteroatoms. The molecule has 9 nitrogen and oxygen atoms in total. The van der Waals surface area contributed by atoms with E-state index >= 15 is 0 Å². The summed E-state index contributed by atoms with van der Waals surface area (Å²) in [6, 6.07) is 0.422. The molecule has 5 aliphatic rings. The number of carbonyl (C=O) groups excluding carboxylic acids is 1. The average Bonchev–Trinajstić information content (AvgIpc) is 3.07. The van der Waals surface area contributed by atoms with Crippen molar-refractivity contribution >= 4 is 6.03 Å². The van der Waals surface area contributed by atoms with Crippen LogP contribution in [0, 0.1) is 16.7 Å². The lowest BCUT2D eigenvalue weighted by atomic mass is 9.57. The van der Waals surface area contributed by atoms with Crippen LogP contribution in [-0.4, -0.2) is 77.8 Å². The molecule has 0 radical (unpaired) electrons. The molecule has 194 valence electrons. The van der Waals surface area contributed by atoms with Crippen molar-refractivity contribution in [3.8, 4) is 0 Å². The second kappa shape index (κ2) is 7.23. The molecule has 2 aliphatic heterocycles. The third-order valence-corrected chi connectivity index (χ3v) is 8.99. The second-order valence-corrected chi connectivity index (χ2v) is 12.3. The van der Waals surface area contributed by atoms with Crippen LogP contribution in [0.2, 0.25) is 0 Å². The number of halogens is 3. The molecule has 36 heavy (non-hydrogen) atoms. The molecule has 3 saturated carbocycles. The summed E-state index contributed by atoms with van der Waals surface area (Å²) >= 11 is 0. The highest BCUT2D eigenvalue weighted by molar-refractivity contribution is 5.77. The van der Waals surface area contributed by atoms with Gasteiger partial charge in [-0.15, -0.1) is 0 Å². The number of rotatable bonds is 5. The number of likely N-dealkylation sites (tertiary alicyclic amines) is 2. The van der Waals surface area contributed by atoms with Crippen LogP contribution in [0.4, 0.5) is 18.0 Å². The number of amides is 2. The molecule has 0 bridgehead atoms. The van der Waals surface area contributed by atoms with E-state index in [0.29, 0.717) is 24.3 Å². The fourth-order valence-electron chi connectivity index (χ4n) is 7.03. The van der Waals surface area contributed by atoms with Gasteiger partial charge in [-0.25, -0.2) is 14.5 Å². The molecule has 0 unspecified atom stereocenters. The predicted octanol–water partition coefficient (Wildman–Crippen LogP) is 2.73. The van der Waals surface area contributed by atoms with Crippen LogP contribution < -0.4 is 0 Å².